The zero-order valence-corrected chi connectivity index (χ0v) is 14.0. The fourth-order valence-electron chi connectivity index (χ4n) is 2.29. The third-order valence-electron chi connectivity index (χ3n) is 3.64. The van der Waals surface area contributed by atoms with Gasteiger partial charge in [-0.2, -0.15) is 0 Å². The van der Waals surface area contributed by atoms with Gasteiger partial charge in [-0.1, -0.05) is 38.5 Å². The number of hydrogen-bond acceptors (Lipinski definition) is 4. The van der Waals surface area contributed by atoms with Crippen LogP contribution in [0.5, 0.6) is 0 Å². The minimum absolute atomic E-state index is 0.0855. The van der Waals surface area contributed by atoms with Gasteiger partial charge in [0.15, 0.2) is 5.16 Å². The van der Waals surface area contributed by atoms with Crippen LogP contribution in [0.15, 0.2) is 11.5 Å². The third kappa shape index (κ3) is 5.69. The van der Waals surface area contributed by atoms with Crippen molar-refractivity contribution in [3.05, 3.63) is 6.33 Å². The van der Waals surface area contributed by atoms with Gasteiger partial charge in [0.2, 0.25) is 5.91 Å². The van der Waals surface area contributed by atoms with E-state index in [2.05, 4.69) is 40.9 Å². The molecule has 0 saturated heterocycles. The Balaban J connectivity index is 1.66. The van der Waals surface area contributed by atoms with E-state index in [-0.39, 0.29) is 11.9 Å². The van der Waals surface area contributed by atoms with Crippen LogP contribution in [0.25, 0.3) is 0 Å². The Morgan fingerprint density at radius 3 is 2.86 bits per heavy atom. The van der Waals surface area contributed by atoms with Gasteiger partial charge in [0.25, 0.3) is 0 Å². The topological polar surface area (TPSA) is 59.8 Å². The van der Waals surface area contributed by atoms with Gasteiger partial charge in [0, 0.05) is 12.1 Å². The van der Waals surface area contributed by atoms with Crippen molar-refractivity contribution in [1.29, 1.82) is 0 Å². The van der Waals surface area contributed by atoms with E-state index >= 15 is 0 Å². The molecule has 1 aromatic heterocycles. The number of aromatic nitrogens is 3. The molecule has 0 spiro atoms. The summed E-state index contributed by atoms with van der Waals surface area (Å²) in [5.41, 5.74) is 0. The molecule has 1 amide bonds. The predicted octanol–water partition coefficient (Wildman–Crippen LogP) is 3.04. The summed E-state index contributed by atoms with van der Waals surface area (Å²) in [4.78, 5) is 12.0. The van der Waals surface area contributed by atoms with E-state index in [1.54, 1.807) is 6.33 Å². The Morgan fingerprint density at radius 1 is 1.43 bits per heavy atom. The van der Waals surface area contributed by atoms with Crippen LogP contribution in [0.1, 0.15) is 58.9 Å². The first-order valence-electron chi connectivity index (χ1n) is 7.88. The summed E-state index contributed by atoms with van der Waals surface area (Å²) >= 11 is 1.48. The smallest absolute Gasteiger partial charge is 0.230 e. The van der Waals surface area contributed by atoms with Gasteiger partial charge in [0.1, 0.15) is 6.33 Å². The molecule has 6 heteroatoms. The Labute approximate surface area is 131 Å². The zero-order chi connectivity index (χ0) is 15.2. The van der Waals surface area contributed by atoms with E-state index in [4.69, 9.17) is 0 Å². The van der Waals surface area contributed by atoms with Gasteiger partial charge in [-0.3, -0.25) is 4.79 Å². The SMILES string of the molecule is CC(C)CCCC(C)NC(=O)CSc1nncn1C1CC1. The Morgan fingerprint density at radius 2 is 2.19 bits per heavy atom. The van der Waals surface area contributed by atoms with Gasteiger partial charge < -0.3 is 9.88 Å². The first-order valence-corrected chi connectivity index (χ1v) is 8.86. The van der Waals surface area contributed by atoms with E-state index in [1.807, 2.05) is 0 Å². The van der Waals surface area contributed by atoms with Crippen molar-refractivity contribution in [2.75, 3.05) is 5.75 Å². The van der Waals surface area contributed by atoms with Gasteiger partial charge in [-0.05, 0) is 32.1 Å². The highest BCUT2D eigenvalue weighted by molar-refractivity contribution is 7.99. The maximum absolute atomic E-state index is 12.0. The molecule has 1 atom stereocenters. The van der Waals surface area contributed by atoms with Gasteiger partial charge in [-0.25, -0.2) is 0 Å². The molecule has 1 heterocycles. The highest BCUT2D eigenvalue weighted by Crippen LogP contribution is 2.37. The number of nitrogens with one attached hydrogen (secondary N) is 1. The van der Waals surface area contributed by atoms with Crippen LogP contribution in [0.4, 0.5) is 0 Å². The van der Waals surface area contributed by atoms with Crippen LogP contribution in [-0.2, 0) is 4.79 Å². The minimum Gasteiger partial charge on any atom is -0.353 e. The molecule has 2 rings (SSSR count). The van der Waals surface area contributed by atoms with Crippen LogP contribution in [0.3, 0.4) is 0 Å². The molecule has 0 bridgehead atoms. The van der Waals surface area contributed by atoms with Crippen LogP contribution >= 0.6 is 11.8 Å². The molecule has 1 N–H and O–H groups in total. The van der Waals surface area contributed by atoms with Crippen molar-refractivity contribution in [1.82, 2.24) is 20.1 Å². The predicted molar refractivity (Wildman–Crippen MR) is 85.3 cm³/mol. The second kappa shape index (κ2) is 7.82. The summed E-state index contributed by atoms with van der Waals surface area (Å²) in [5.74, 6) is 1.24. The lowest BCUT2D eigenvalue weighted by Crippen LogP contribution is -2.33. The molecule has 1 saturated carbocycles. The molecule has 5 nitrogen and oxygen atoms in total. The molecule has 1 aromatic rings. The lowest BCUT2D eigenvalue weighted by molar-refractivity contribution is -0.119. The average molecular weight is 310 g/mol. The first kappa shape index (κ1) is 16.3. The second-order valence-corrected chi connectivity index (χ2v) is 7.28. The molecule has 0 radical (unpaired) electrons. The van der Waals surface area contributed by atoms with Crippen molar-refractivity contribution >= 4 is 17.7 Å². The Bertz CT molecular complexity index is 456. The summed E-state index contributed by atoms with van der Waals surface area (Å²) in [6.45, 7) is 6.54. The largest absolute Gasteiger partial charge is 0.353 e. The van der Waals surface area contributed by atoms with Crippen LogP contribution in [-0.4, -0.2) is 32.5 Å². The van der Waals surface area contributed by atoms with Crippen LogP contribution in [0.2, 0.25) is 0 Å². The zero-order valence-electron chi connectivity index (χ0n) is 13.2. The van der Waals surface area contributed by atoms with E-state index in [9.17, 15) is 4.79 Å². The summed E-state index contributed by atoms with van der Waals surface area (Å²) < 4.78 is 2.09. The fraction of sp³-hybridized carbons (Fsp3) is 0.800. The van der Waals surface area contributed by atoms with Crippen molar-refractivity contribution in [3.63, 3.8) is 0 Å². The summed E-state index contributed by atoms with van der Waals surface area (Å²) in [6.07, 6.45) is 7.61. The number of thioether (sulfide) groups is 1. The minimum atomic E-state index is 0.0855. The molecule has 1 unspecified atom stereocenters. The highest BCUT2D eigenvalue weighted by atomic mass is 32.2. The Kier molecular flexibility index (Phi) is 6.08. The second-order valence-electron chi connectivity index (χ2n) is 6.33. The van der Waals surface area contributed by atoms with Crippen molar-refractivity contribution in [2.24, 2.45) is 5.92 Å². The summed E-state index contributed by atoms with van der Waals surface area (Å²) in [6, 6.07) is 0.804. The van der Waals surface area contributed by atoms with E-state index < -0.39 is 0 Å². The van der Waals surface area contributed by atoms with Crippen LogP contribution in [0, 0.1) is 5.92 Å². The Hall–Kier alpha value is -1.04. The number of amides is 1. The fourth-order valence-corrected chi connectivity index (χ4v) is 3.08. The molecule has 1 aliphatic carbocycles. The normalized spacial score (nSPS) is 16.2. The number of hydrogen-bond donors (Lipinski definition) is 1. The van der Waals surface area contributed by atoms with Crippen molar-refractivity contribution in [2.45, 2.75) is 70.1 Å². The quantitative estimate of drug-likeness (QED) is 0.712. The van der Waals surface area contributed by atoms with Crippen molar-refractivity contribution in [3.8, 4) is 0 Å². The van der Waals surface area contributed by atoms with Crippen molar-refractivity contribution < 1.29 is 4.79 Å². The van der Waals surface area contributed by atoms with Gasteiger partial charge >= 0.3 is 0 Å². The molecule has 1 aliphatic rings. The molecule has 1 fully saturated rings. The highest BCUT2D eigenvalue weighted by Gasteiger charge is 2.26. The van der Waals surface area contributed by atoms with E-state index in [0.717, 1.165) is 17.5 Å². The molecular weight excluding hydrogens is 284 g/mol. The molecule has 0 aliphatic heterocycles. The molecule has 118 valence electrons. The van der Waals surface area contributed by atoms with Gasteiger partial charge in [-0.15, -0.1) is 10.2 Å². The summed E-state index contributed by atoms with van der Waals surface area (Å²) in [5, 5.41) is 12.0. The number of nitrogens with zero attached hydrogens (tertiary/aromatic N) is 3. The number of carbonyl (C=O) groups excluding carboxylic acids is 1. The first-order chi connectivity index (χ1) is 10.1. The number of rotatable bonds is 9. The van der Waals surface area contributed by atoms with Crippen LogP contribution < -0.4 is 5.32 Å². The molecular formula is C15H26N4OS. The number of carbonyl (C=O) groups is 1. The monoisotopic (exact) mass is 310 g/mol. The maximum Gasteiger partial charge on any atom is 0.230 e. The lowest BCUT2D eigenvalue weighted by atomic mass is 10.0. The maximum atomic E-state index is 12.0. The molecule has 0 aromatic carbocycles. The van der Waals surface area contributed by atoms with Gasteiger partial charge in [0.05, 0.1) is 5.75 Å². The standard InChI is InChI=1S/C15H26N4OS/c1-11(2)5-4-6-12(3)17-14(20)9-21-15-18-16-10-19(15)13-7-8-13/h10-13H,4-9H2,1-3H3,(H,17,20). The lowest BCUT2D eigenvalue weighted by Gasteiger charge is -2.14. The van der Waals surface area contributed by atoms with E-state index in [0.29, 0.717) is 11.8 Å². The van der Waals surface area contributed by atoms with E-state index in [1.165, 1.54) is 37.4 Å². The summed E-state index contributed by atoms with van der Waals surface area (Å²) in [7, 11) is 0. The average Bonchev–Trinajstić information content (AvgIpc) is 3.15. The third-order valence-corrected chi connectivity index (χ3v) is 4.60. The molecule has 21 heavy (non-hydrogen) atoms.